The first-order chi connectivity index (χ1) is 8.90. The van der Waals surface area contributed by atoms with Gasteiger partial charge in [-0.2, -0.15) is 0 Å². The number of aromatic nitrogens is 1. The molecule has 0 bridgehead atoms. The average molecular weight is 300 g/mol. The van der Waals surface area contributed by atoms with Gasteiger partial charge in [-0.3, -0.25) is 4.72 Å². The summed E-state index contributed by atoms with van der Waals surface area (Å²) in [5.74, 6) is -1.91. The van der Waals surface area contributed by atoms with Gasteiger partial charge in [0.25, 0.3) is 10.0 Å². The van der Waals surface area contributed by atoms with Crippen molar-refractivity contribution in [3.05, 3.63) is 35.3 Å². The number of nitrogens with one attached hydrogen (secondary N) is 1. The smallest absolute Gasteiger partial charge is 0.339 e. The SMILES string of the molecule is O=C(O)c1cc(S(=O)(=O)Nc2nccs2)ccc1O. The highest BCUT2D eigenvalue weighted by Gasteiger charge is 2.19. The predicted octanol–water partition coefficient (Wildman–Crippen LogP) is 1.35. The number of carbonyl (C=O) groups is 1. The van der Waals surface area contributed by atoms with Gasteiger partial charge in [0, 0.05) is 11.6 Å². The highest BCUT2D eigenvalue weighted by atomic mass is 32.2. The summed E-state index contributed by atoms with van der Waals surface area (Å²) in [5, 5.41) is 19.9. The number of aromatic hydroxyl groups is 1. The van der Waals surface area contributed by atoms with E-state index in [1.165, 1.54) is 6.20 Å². The van der Waals surface area contributed by atoms with Crippen LogP contribution in [0.25, 0.3) is 0 Å². The first-order valence-electron chi connectivity index (χ1n) is 4.89. The first-order valence-corrected chi connectivity index (χ1v) is 7.25. The van der Waals surface area contributed by atoms with E-state index in [0.29, 0.717) is 0 Å². The number of hydrogen-bond acceptors (Lipinski definition) is 6. The molecule has 100 valence electrons. The third-order valence-corrected chi connectivity index (χ3v) is 4.32. The molecule has 7 nitrogen and oxygen atoms in total. The van der Waals surface area contributed by atoms with E-state index in [-0.39, 0.29) is 10.0 Å². The van der Waals surface area contributed by atoms with Crippen molar-refractivity contribution < 1.29 is 23.4 Å². The minimum Gasteiger partial charge on any atom is -0.507 e. The lowest BCUT2D eigenvalue weighted by Crippen LogP contribution is -2.13. The number of benzene rings is 1. The summed E-state index contributed by atoms with van der Waals surface area (Å²) < 4.78 is 26.1. The number of aromatic carboxylic acids is 1. The first kappa shape index (κ1) is 13.3. The topological polar surface area (TPSA) is 117 Å². The van der Waals surface area contributed by atoms with E-state index in [4.69, 9.17) is 5.11 Å². The van der Waals surface area contributed by atoms with E-state index in [1.54, 1.807) is 5.38 Å². The number of carboxylic acid groups (broad SMARTS) is 1. The molecule has 0 amide bonds. The van der Waals surface area contributed by atoms with Gasteiger partial charge in [0.2, 0.25) is 0 Å². The van der Waals surface area contributed by atoms with E-state index in [1.807, 2.05) is 0 Å². The third-order valence-electron chi connectivity index (χ3n) is 2.16. The van der Waals surface area contributed by atoms with Crippen LogP contribution < -0.4 is 4.72 Å². The summed E-state index contributed by atoms with van der Waals surface area (Å²) in [6.45, 7) is 0. The van der Waals surface area contributed by atoms with Crippen LogP contribution in [0, 0.1) is 0 Å². The number of thiazole rings is 1. The number of sulfonamides is 1. The Hall–Kier alpha value is -2.13. The fraction of sp³-hybridized carbons (Fsp3) is 0. The van der Waals surface area contributed by atoms with E-state index in [9.17, 15) is 18.3 Å². The zero-order valence-electron chi connectivity index (χ0n) is 9.27. The Morgan fingerprint density at radius 2 is 2.11 bits per heavy atom. The van der Waals surface area contributed by atoms with Crippen LogP contribution in [0.15, 0.2) is 34.7 Å². The van der Waals surface area contributed by atoms with Crippen molar-refractivity contribution in [2.24, 2.45) is 0 Å². The molecule has 0 aliphatic heterocycles. The number of hydrogen-bond donors (Lipinski definition) is 3. The molecule has 0 aliphatic rings. The maximum Gasteiger partial charge on any atom is 0.339 e. The van der Waals surface area contributed by atoms with Gasteiger partial charge in [-0.15, -0.1) is 11.3 Å². The van der Waals surface area contributed by atoms with Gasteiger partial charge < -0.3 is 10.2 Å². The van der Waals surface area contributed by atoms with Gasteiger partial charge in [0.05, 0.1) is 4.90 Å². The highest BCUT2D eigenvalue weighted by Crippen LogP contribution is 2.23. The maximum absolute atomic E-state index is 12.0. The number of rotatable bonds is 4. The zero-order chi connectivity index (χ0) is 14.0. The van der Waals surface area contributed by atoms with Crippen molar-refractivity contribution in [3.8, 4) is 5.75 Å². The summed E-state index contributed by atoms with van der Waals surface area (Å²) in [6, 6.07) is 3.01. The average Bonchev–Trinajstić information content (AvgIpc) is 2.80. The zero-order valence-corrected chi connectivity index (χ0v) is 10.9. The molecule has 0 spiro atoms. The third kappa shape index (κ3) is 2.83. The van der Waals surface area contributed by atoms with Crippen molar-refractivity contribution in [2.45, 2.75) is 4.90 Å². The lowest BCUT2D eigenvalue weighted by molar-refractivity contribution is 0.0693. The Kier molecular flexibility index (Phi) is 3.40. The van der Waals surface area contributed by atoms with Gasteiger partial charge in [-0.05, 0) is 18.2 Å². The lowest BCUT2D eigenvalue weighted by Gasteiger charge is -2.06. The second-order valence-electron chi connectivity index (χ2n) is 3.43. The summed E-state index contributed by atoms with van der Waals surface area (Å²) in [4.78, 5) is 14.3. The van der Waals surface area contributed by atoms with E-state index < -0.39 is 27.3 Å². The van der Waals surface area contributed by atoms with E-state index >= 15 is 0 Å². The molecule has 2 aromatic rings. The van der Waals surface area contributed by atoms with Gasteiger partial charge in [0.15, 0.2) is 5.13 Å². The Morgan fingerprint density at radius 3 is 2.68 bits per heavy atom. The van der Waals surface area contributed by atoms with Crippen molar-refractivity contribution in [3.63, 3.8) is 0 Å². The van der Waals surface area contributed by atoms with Crippen LogP contribution >= 0.6 is 11.3 Å². The second-order valence-corrected chi connectivity index (χ2v) is 6.00. The molecule has 0 fully saturated rings. The summed E-state index contributed by atoms with van der Waals surface area (Å²) >= 11 is 1.09. The van der Waals surface area contributed by atoms with Gasteiger partial charge >= 0.3 is 5.97 Å². The number of anilines is 1. The number of phenols is 1. The molecule has 0 atom stereocenters. The van der Waals surface area contributed by atoms with Crippen LogP contribution in [0.4, 0.5) is 5.13 Å². The minimum absolute atomic E-state index is 0.171. The predicted molar refractivity (Wildman–Crippen MR) is 68.0 cm³/mol. The monoisotopic (exact) mass is 300 g/mol. The van der Waals surface area contributed by atoms with Crippen molar-refractivity contribution in [1.82, 2.24) is 4.98 Å². The lowest BCUT2D eigenvalue weighted by atomic mass is 10.2. The van der Waals surface area contributed by atoms with Crippen LogP contribution in [0.3, 0.4) is 0 Å². The molecule has 1 aromatic heterocycles. The molecule has 0 unspecified atom stereocenters. The highest BCUT2D eigenvalue weighted by molar-refractivity contribution is 7.93. The van der Waals surface area contributed by atoms with Crippen LogP contribution in [-0.4, -0.2) is 29.6 Å². The molecule has 0 radical (unpaired) electrons. The second kappa shape index (κ2) is 4.86. The molecule has 0 aliphatic carbocycles. The van der Waals surface area contributed by atoms with Crippen LogP contribution in [0.2, 0.25) is 0 Å². The molecular formula is C10H8N2O5S2. The van der Waals surface area contributed by atoms with Gasteiger partial charge in [0.1, 0.15) is 11.3 Å². The van der Waals surface area contributed by atoms with Gasteiger partial charge in [-0.25, -0.2) is 18.2 Å². The Bertz CT molecular complexity index is 710. The summed E-state index contributed by atoms with van der Waals surface area (Å²) in [7, 11) is -3.93. The largest absolute Gasteiger partial charge is 0.507 e. The normalized spacial score (nSPS) is 11.2. The maximum atomic E-state index is 12.0. The molecule has 2 rings (SSSR count). The number of carboxylic acids is 1. The van der Waals surface area contributed by atoms with Crippen molar-refractivity contribution in [1.29, 1.82) is 0 Å². The quantitative estimate of drug-likeness (QED) is 0.784. The summed E-state index contributed by atoms with van der Waals surface area (Å²) in [6.07, 6.45) is 1.43. The molecule has 9 heteroatoms. The molecular weight excluding hydrogens is 292 g/mol. The molecule has 0 saturated carbocycles. The Labute approximate surface area is 112 Å². The number of nitrogens with zero attached hydrogens (tertiary/aromatic N) is 1. The minimum atomic E-state index is -3.93. The van der Waals surface area contributed by atoms with Crippen LogP contribution in [0.1, 0.15) is 10.4 Å². The standard InChI is InChI=1S/C10H8N2O5S2/c13-8-2-1-6(5-7(8)9(14)15)19(16,17)12-10-11-3-4-18-10/h1-5,13H,(H,11,12)(H,14,15). The van der Waals surface area contributed by atoms with E-state index in [2.05, 4.69) is 9.71 Å². The van der Waals surface area contributed by atoms with Crippen LogP contribution in [0.5, 0.6) is 5.75 Å². The summed E-state index contributed by atoms with van der Waals surface area (Å²) in [5.41, 5.74) is -0.484. The fourth-order valence-electron chi connectivity index (χ4n) is 1.30. The molecule has 3 N–H and O–H groups in total. The van der Waals surface area contributed by atoms with E-state index in [0.717, 1.165) is 29.5 Å². The molecule has 19 heavy (non-hydrogen) atoms. The van der Waals surface area contributed by atoms with Crippen molar-refractivity contribution >= 4 is 32.5 Å². The molecule has 1 heterocycles. The fourth-order valence-corrected chi connectivity index (χ4v) is 3.12. The Morgan fingerprint density at radius 1 is 1.37 bits per heavy atom. The molecule has 0 saturated heterocycles. The Balaban J connectivity index is 2.41. The van der Waals surface area contributed by atoms with Crippen LogP contribution in [-0.2, 0) is 10.0 Å². The molecule has 1 aromatic carbocycles. The van der Waals surface area contributed by atoms with Crippen molar-refractivity contribution in [2.75, 3.05) is 4.72 Å². The van der Waals surface area contributed by atoms with Gasteiger partial charge in [-0.1, -0.05) is 0 Å².